The molecular weight excluding hydrogens is 268 g/mol. The van der Waals surface area contributed by atoms with Crippen LogP contribution in [0.3, 0.4) is 0 Å². The summed E-state index contributed by atoms with van der Waals surface area (Å²) in [6.45, 7) is 8.89. The number of carbonyl (C=O) groups excluding carboxylic acids is 2. The van der Waals surface area contributed by atoms with Gasteiger partial charge in [0, 0.05) is 0 Å². The summed E-state index contributed by atoms with van der Waals surface area (Å²) in [5.74, 6) is -0.126. The molecule has 21 heavy (non-hydrogen) atoms. The quantitative estimate of drug-likeness (QED) is 0.682. The number of amides is 1. The highest BCUT2D eigenvalue weighted by Gasteiger charge is 2.36. The predicted octanol–water partition coefficient (Wildman–Crippen LogP) is 3.24. The SMILES string of the molecule is CC[C@H](C)C(C)(N=O)C(C)=O.Cc1ccccc1.NC=O. The van der Waals surface area contributed by atoms with E-state index in [0.29, 0.717) is 0 Å². The van der Waals surface area contributed by atoms with Crippen molar-refractivity contribution in [3.05, 3.63) is 40.8 Å². The molecule has 0 aliphatic rings. The summed E-state index contributed by atoms with van der Waals surface area (Å²) in [6.07, 6.45) is 1.04. The number of ketones is 1. The lowest BCUT2D eigenvalue weighted by Crippen LogP contribution is -2.37. The highest BCUT2D eigenvalue weighted by atomic mass is 16.3. The Bertz CT molecular complexity index is 421. The topological polar surface area (TPSA) is 89.6 Å². The summed E-state index contributed by atoms with van der Waals surface area (Å²) < 4.78 is 0. The van der Waals surface area contributed by atoms with Gasteiger partial charge in [0.15, 0.2) is 11.3 Å². The first kappa shape index (κ1) is 21.3. The van der Waals surface area contributed by atoms with Crippen molar-refractivity contribution in [1.82, 2.24) is 0 Å². The molecule has 0 bridgehead atoms. The minimum absolute atomic E-state index is 0.0255. The first-order chi connectivity index (χ1) is 9.79. The van der Waals surface area contributed by atoms with Gasteiger partial charge in [-0.1, -0.05) is 61.3 Å². The Morgan fingerprint density at radius 1 is 1.38 bits per heavy atom. The van der Waals surface area contributed by atoms with Crippen LogP contribution in [0.25, 0.3) is 0 Å². The molecule has 0 aliphatic heterocycles. The van der Waals surface area contributed by atoms with Crippen LogP contribution in [0, 0.1) is 17.7 Å². The Labute approximate surface area is 126 Å². The van der Waals surface area contributed by atoms with Crippen molar-refractivity contribution in [2.24, 2.45) is 16.8 Å². The van der Waals surface area contributed by atoms with Crippen LogP contribution in [-0.4, -0.2) is 17.7 Å². The first-order valence-corrected chi connectivity index (χ1v) is 6.82. The van der Waals surface area contributed by atoms with Crippen LogP contribution in [-0.2, 0) is 9.59 Å². The molecule has 2 N–H and O–H groups in total. The zero-order valence-electron chi connectivity index (χ0n) is 13.5. The van der Waals surface area contributed by atoms with Crippen LogP contribution in [0.1, 0.15) is 39.7 Å². The van der Waals surface area contributed by atoms with Crippen LogP contribution >= 0.6 is 0 Å². The zero-order chi connectivity index (χ0) is 16.9. The van der Waals surface area contributed by atoms with Gasteiger partial charge in [-0.15, -0.1) is 4.91 Å². The molecule has 1 aromatic carbocycles. The Kier molecular flexibility index (Phi) is 11.9. The molecule has 0 radical (unpaired) electrons. The van der Waals surface area contributed by atoms with Crippen LogP contribution in [0.2, 0.25) is 0 Å². The van der Waals surface area contributed by atoms with E-state index in [1.807, 2.05) is 32.0 Å². The highest BCUT2D eigenvalue weighted by molar-refractivity contribution is 5.86. The van der Waals surface area contributed by atoms with Crippen LogP contribution < -0.4 is 5.73 Å². The molecule has 1 rings (SSSR count). The van der Waals surface area contributed by atoms with Gasteiger partial charge in [-0.2, -0.15) is 0 Å². The molecule has 0 saturated carbocycles. The Morgan fingerprint density at radius 3 is 1.95 bits per heavy atom. The van der Waals surface area contributed by atoms with Gasteiger partial charge in [0.2, 0.25) is 6.41 Å². The van der Waals surface area contributed by atoms with Gasteiger partial charge in [-0.25, -0.2) is 0 Å². The molecule has 0 spiro atoms. The molecule has 5 nitrogen and oxygen atoms in total. The van der Waals surface area contributed by atoms with Gasteiger partial charge < -0.3 is 5.73 Å². The average Bonchev–Trinajstić information content (AvgIpc) is 2.47. The predicted molar refractivity (Wildman–Crippen MR) is 85.8 cm³/mol. The van der Waals surface area contributed by atoms with Crippen LogP contribution in [0.15, 0.2) is 35.5 Å². The van der Waals surface area contributed by atoms with Gasteiger partial charge in [0.25, 0.3) is 0 Å². The van der Waals surface area contributed by atoms with E-state index in [1.165, 1.54) is 12.5 Å². The summed E-state index contributed by atoms with van der Waals surface area (Å²) >= 11 is 0. The van der Waals surface area contributed by atoms with E-state index in [2.05, 4.69) is 30.0 Å². The fourth-order valence-electron chi connectivity index (χ4n) is 1.43. The minimum Gasteiger partial charge on any atom is -0.372 e. The Hall–Kier alpha value is -2.04. The number of nitrogens with zero attached hydrogens (tertiary/aromatic N) is 1. The summed E-state index contributed by atoms with van der Waals surface area (Å²) in [6, 6.07) is 10.3. The molecule has 1 amide bonds. The van der Waals surface area contributed by atoms with E-state index in [-0.39, 0.29) is 18.1 Å². The molecule has 1 unspecified atom stereocenters. The molecule has 0 aliphatic carbocycles. The molecule has 2 atom stereocenters. The fourth-order valence-corrected chi connectivity index (χ4v) is 1.43. The number of nitrogens with two attached hydrogens (primary N) is 1. The van der Waals surface area contributed by atoms with Crippen molar-refractivity contribution in [2.45, 2.75) is 46.6 Å². The minimum atomic E-state index is -1.02. The number of aryl methyl sites for hydroxylation is 1. The monoisotopic (exact) mass is 294 g/mol. The third-order valence-corrected chi connectivity index (χ3v) is 3.41. The van der Waals surface area contributed by atoms with E-state index in [1.54, 1.807) is 6.92 Å². The summed E-state index contributed by atoms with van der Waals surface area (Å²) in [5.41, 5.74) is 4.47. The fraction of sp³-hybridized carbons (Fsp3) is 0.500. The Morgan fingerprint density at radius 2 is 1.81 bits per heavy atom. The van der Waals surface area contributed by atoms with Gasteiger partial charge in [0.1, 0.15) is 0 Å². The third kappa shape index (κ3) is 8.68. The maximum absolute atomic E-state index is 11.0. The van der Waals surface area contributed by atoms with Gasteiger partial charge in [-0.05, 0) is 26.7 Å². The number of primary amides is 1. The lowest BCUT2D eigenvalue weighted by molar-refractivity contribution is -0.123. The van der Waals surface area contributed by atoms with Crippen LogP contribution in [0.4, 0.5) is 0 Å². The van der Waals surface area contributed by atoms with E-state index >= 15 is 0 Å². The molecule has 1 aromatic rings. The standard InChI is InChI=1S/C8H15NO2.C7H8.CH3NO/c1-5-6(2)8(4,9-11)7(3)10;1-7-5-3-2-4-6-7;2-1-3/h6H,5H2,1-4H3;2-6H,1H3;1H,(H2,2,3)/t6-,8?;;/m0../s1. The largest absolute Gasteiger partial charge is 0.372 e. The summed E-state index contributed by atoms with van der Waals surface area (Å²) in [7, 11) is 0. The second kappa shape index (κ2) is 11.8. The second-order valence-electron chi connectivity index (χ2n) is 4.90. The van der Waals surface area contributed by atoms with Gasteiger partial charge in [-0.3, -0.25) is 9.59 Å². The van der Waals surface area contributed by atoms with Gasteiger partial charge >= 0.3 is 0 Å². The number of benzene rings is 1. The van der Waals surface area contributed by atoms with Crippen LogP contribution in [0.5, 0.6) is 0 Å². The average molecular weight is 294 g/mol. The lowest BCUT2D eigenvalue weighted by atomic mass is 9.83. The molecule has 118 valence electrons. The number of rotatable bonds is 4. The second-order valence-corrected chi connectivity index (χ2v) is 4.90. The van der Waals surface area contributed by atoms with E-state index in [0.717, 1.165) is 6.42 Å². The van der Waals surface area contributed by atoms with Gasteiger partial charge in [0.05, 0.1) is 0 Å². The smallest absolute Gasteiger partial charge is 0.204 e. The number of Topliss-reactive ketones (excluding diaryl/α,β-unsaturated/α-hetero) is 1. The molecule has 0 heterocycles. The Balaban J connectivity index is 0. The van der Waals surface area contributed by atoms with Crippen molar-refractivity contribution in [3.8, 4) is 0 Å². The number of hydrogen-bond donors (Lipinski definition) is 1. The molecular formula is C16H26N2O3. The maximum Gasteiger partial charge on any atom is 0.204 e. The molecule has 5 heteroatoms. The maximum atomic E-state index is 11.0. The summed E-state index contributed by atoms with van der Waals surface area (Å²) in [4.78, 5) is 30.0. The molecule has 0 saturated heterocycles. The third-order valence-electron chi connectivity index (χ3n) is 3.41. The van der Waals surface area contributed by atoms with Crippen molar-refractivity contribution >= 4 is 12.2 Å². The number of carbonyl (C=O) groups is 2. The molecule has 0 aromatic heterocycles. The normalized spacial score (nSPS) is 13.2. The van der Waals surface area contributed by atoms with E-state index in [4.69, 9.17) is 4.79 Å². The van der Waals surface area contributed by atoms with Crippen molar-refractivity contribution in [3.63, 3.8) is 0 Å². The summed E-state index contributed by atoms with van der Waals surface area (Å²) in [5, 5.41) is 2.89. The van der Waals surface area contributed by atoms with E-state index in [9.17, 15) is 9.70 Å². The lowest BCUT2D eigenvalue weighted by Gasteiger charge is -2.24. The van der Waals surface area contributed by atoms with Crippen molar-refractivity contribution < 1.29 is 9.59 Å². The highest BCUT2D eigenvalue weighted by Crippen LogP contribution is 2.24. The first-order valence-electron chi connectivity index (χ1n) is 6.82. The molecule has 0 fully saturated rings. The van der Waals surface area contributed by atoms with E-state index < -0.39 is 5.54 Å². The zero-order valence-corrected chi connectivity index (χ0v) is 13.5. The van der Waals surface area contributed by atoms with Crippen molar-refractivity contribution in [2.75, 3.05) is 0 Å². The number of nitroso groups, excluding NO2 is 1. The van der Waals surface area contributed by atoms with Crippen molar-refractivity contribution in [1.29, 1.82) is 0 Å². The number of hydrogen-bond acceptors (Lipinski definition) is 4.